The number of aromatic nitrogens is 3. The second kappa shape index (κ2) is 4.51. The van der Waals surface area contributed by atoms with Crippen LogP contribution in [-0.2, 0) is 0 Å². The number of thioether (sulfide) groups is 1. The molecule has 6 heteroatoms. The SMILES string of the molecule is CC(CO)(CSc1ncn[nH]1)NC1CC1. The van der Waals surface area contributed by atoms with Crippen LogP contribution < -0.4 is 5.32 Å². The molecule has 2 rings (SSSR count). The van der Waals surface area contributed by atoms with Crippen LogP contribution in [0.25, 0.3) is 0 Å². The standard InChI is InChI=1S/C9H16N4OS/c1-9(4-14,12-7-2-3-7)5-15-8-10-6-11-13-8/h6-7,12,14H,2-5H2,1H3,(H,10,11,13). The Morgan fingerprint density at radius 3 is 3.07 bits per heavy atom. The summed E-state index contributed by atoms with van der Waals surface area (Å²) in [5.41, 5.74) is -0.224. The Bertz CT molecular complexity index is 301. The van der Waals surface area contributed by atoms with Gasteiger partial charge in [0.15, 0.2) is 5.16 Å². The van der Waals surface area contributed by atoms with Crippen molar-refractivity contribution in [3.63, 3.8) is 0 Å². The fourth-order valence-corrected chi connectivity index (χ4v) is 2.21. The van der Waals surface area contributed by atoms with Crippen LogP contribution in [0, 0.1) is 0 Å². The van der Waals surface area contributed by atoms with Crippen LogP contribution >= 0.6 is 11.8 Å². The lowest BCUT2D eigenvalue weighted by Gasteiger charge is -2.28. The molecular weight excluding hydrogens is 212 g/mol. The molecule has 0 aliphatic heterocycles. The molecule has 0 bridgehead atoms. The topological polar surface area (TPSA) is 73.8 Å². The first-order valence-electron chi connectivity index (χ1n) is 5.08. The molecule has 1 aliphatic rings. The predicted octanol–water partition coefficient (Wildman–Crippen LogP) is 0.400. The van der Waals surface area contributed by atoms with E-state index in [0.717, 1.165) is 10.9 Å². The Hall–Kier alpha value is -0.590. The summed E-state index contributed by atoms with van der Waals surface area (Å²) < 4.78 is 0. The molecule has 1 aromatic rings. The van der Waals surface area contributed by atoms with Crippen LogP contribution in [0.1, 0.15) is 19.8 Å². The van der Waals surface area contributed by atoms with Gasteiger partial charge in [0.2, 0.25) is 0 Å². The average Bonchev–Trinajstić information content (AvgIpc) is 2.88. The van der Waals surface area contributed by atoms with Gasteiger partial charge in [0, 0.05) is 17.3 Å². The molecule has 1 saturated carbocycles. The average molecular weight is 228 g/mol. The second-order valence-corrected chi connectivity index (χ2v) is 5.18. The van der Waals surface area contributed by atoms with E-state index in [9.17, 15) is 5.11 Å². The number of H-pyrrole nitrogens is 1. The van der Waals surface area contributed by atoms with Crippen molar-refractivity contribution in [2.24, 2.45) is 0 Å². The van der Waals surface area contributed by atoms with E-state index in [4.69, 9.17) is 0 Å². The van der Waals surface area contributed by atoms with Crippen LogP contribution in [0.2, 0.25) is 0 Å². The van der Waals surface area contributed by atoms with Gasteiger partial charge < -0.3 is 10.4 Å². The number of aromatic amines is 1. The third-order valence-electron chi connectivity index (χ3n) is 2.40. The molecule has 1 unspecified atom stereocenters. The van der Waals surface area contributed by atoms with Gasteiger partial charge in [-0.3, -0.25) is 5.10 Å². The van der Waals surface area contributed by atoms with E-state index < -0.39 is 0 Å². The van der Waals surface area contributed by atoms with Gasteiger partial charge in [-0.1, -0.05) is 11.8 Å². The first-order valence-corrected chi connectivity index (χ1v) is 6.07. The predicted molar refractivity (Wildman–Crippen MR) is 58.8 cm³/mol. The molecule has 0 saturated heterocycles. The first kappa shape index (κ1) is 10.9. The lowest BCUT2D eigenvalue weighted by atomic mass is 10.1. The highest BCUT2D eigenvalue weighted by atomic mass is 32.2. The minimum Gasteiger partial charge on any atom is -0.394 e. The molecule has 3 N–H and O–H groups in total. The minimum absolute atomic E-state index is 0.143. The number of nitrogens with zero attached hydrogens (tertiary/aromatic N) is 2. The maximum absolute atomic E-state index is 9.37. The maximum atomic E-state index is 9.37. The highest BCUT2D eigenvalue weighted by Crippen LogP contribution is 2.25. The van der Waals surface area contributed by atoms with E-state index in [1.54, 1.807) is 11.8 Å². The molecule has 1 heterocycles. The molecule has 0 spiro atoms. The van der Waals surface area contributed by atoms with Crippen molar-refractivity contribution in [2.45, 2.75) is 36.5 Å². The summed E-state index contributed by atoms with van der Waals surface area (Å²) in [6, 6.07) is 0.595. The third kappa shape index (κ3) is 3.19. The van der Waals surface area contributed by atoms with Crippen LogP contribution in [0.3, 0.4) is 0 Å². The van der Waals surface area contributed by atoms with Crippen LogP contribution in [0.15, 0.2) is 11.5 Å². The summed E-state index contributed by atoms with van der Waals surface area (Å²) in [5, 5.41) is 20.2. The summed E-state index contributed by atoms with van der Waals surface area (Å²) in [5.74, 6) is 0.787. The van der Waals surface area contributed by atoms with Gasteiger partial charge in [-0.15, -0.1) is 0 Å². The largest absolute Gasteiger partial charge is 0.394 e. The Kier molecular flexibility index (Phi) is 3.28. The van der Waals surface area contributed by atoms with Gasteiger partial charge >= 0.3 is 0 Å². The zero-order chi connectivity index (χ0) is 10.7. The van der Waals surface area contributed by atoms with Crippen molar-refractivity contribution in [3.05, 3.63) is 6.33 Å². The van der Waals surface area contributed by atoms with Crippen molar-refractivity contribution in [3.8, 4) is 0 Å². The second-order valence-electron chi connectivity index (χ2n) is 4.22. The number of aliphatic hydroxyl groups excluding tert-OH is 1. The van der Waals surface area contributed by atoms with E-state index in [1.807, 2.05) is 6.92 Å². The number of rotatable bonds is 6. The third-order valence-corrected chi connectivity index (χ3v) is 3.65. The van der Waals surface area contributed by atoms with Gasteiger partial charge in [0.25, 0.3) is 0 Å². The number of aliphatic hydroxyl groups is 1. The lowest BCUT2D eigenvalue weighted by Crippen LogP contribution is -2.49. The van der Waals surface area contributed by atoms with Crippen molar-refractivity contribution >= 4 is 11.8 Å². The van der Waals surface area contributed by atoms with Gasteiger partial charge in [-0.05, 0) is 19.8 Å². The Balaban J connectivity index is 1.83. The fourth-order valence-electron chi connectivity index (χ4n) is 1.34. The van der Waals surface area contributed by atoms with Gasteiger partial charge in [0.1, 0.15) is 6.33 Å². The van der Waals surface area contributed by atoms with Gasteiger partial charge in [-0.2, -0.15) is 5.10 Å². The molecule has 15 heavy (non-hydrogen) atoms. The quantitative estimate of drug-likeness (QED) is 0.615. The van der Waals surface area contributed by atoms with Gasteiger partial charge in [-0.25, -0.2) is 4.98 Å². The summed E-state index contributed by atoms with van der Waals surface area (Å²) >= 11 is 1.58. The summed E-state index contributed by atoms with van der Waals surface area (Å²) in [6.45, 7) is 2.18. The molecule has 1 fully saturated rings. The number of nitrogens with one attached hydrogen (secondary N) is 2. The van der Waals surface area contributed by atoms with E-state index in [2.05, 4.69) is 20.5 Å². The Labute approximate surface area is 93.1 Å². The minimum atomic E-state index is -0.224. The smallest absolute Gasteiger partial charge is 0.183 e. The summed E-state index contributed by atoms with van der Waals surface area (Å²) in [6.07, 6.45) is 3.94. The molecule has 1 aliphatic carbocycles. The summed E-state index contributed by atoms with van der Waals surface area (Å²) in [4.78, 5) is 4.04. The molecular formula is C9H16N4OS. The normalized spacial score (nSPS) is 20.1. The molecule has 1 aromatic heterocycles. The molecule has 0 amide bonds. The fraction of sp³-hybridized carbons (Fsp3) is 0.778. The maximum Gasteiger partial charge on any atom is 0.183 e. The van der Waals surface area contributed by atoms with E-state index in [-0.39, 0.29) is 12.1 Å². The lowest BCUT2D eigenvalue weighted by molar-refractivity contribution is 0.190. The Morgan fingerprint density at radius 2 is 2.53 bits per heavy atom. The zero-order valence-corrected chi connectivity index (χ0v) is 9.55. The monoisotopic (exact) mass is 228 g/mol. The van der Waals surface area contributed by atoms with Crippen molar-refractivity contribution in [1.29, 1.82) is 0 Å². The molecule has 0 radical (unpaired) electrons. The van der Waals surface area contributed by atoms with Crippen LogP contribution in [0.5, 0.6) is 0 Å². The molecule has 1 atom stereocenters. The van der Waals surface area contributed by atoms with Crippen molar-refractivity contribution in [2.75, 3.05) is 12.4 Å². The molecule has 0 aromatic carbocycles. The van der Waals surface area contributed by atoms with Crippen molar-refractivity contribution < 1.29 is 5.11 Å². The van der Waals surface area contributed by atoms with Crippen LogP contribution in [-0.4, -0.2) is 44.2 Å². The molecule has 5 nitrogen and oxygen atoms in total. The first-order chi connectivity index (χ1) is 7.22. The highest BCUT2D eigenvalue weighted by molar-refractivity contribution is 7.99. The number of hydrogen-bond donors (Lipinski definition) is 3. The van der Waals surface area contributed by atoms with E-state index >= 15 is 0 Å². The summed E-state index contributed by atoms with van der Waals surface area (Å²) in [7, 11) is 0. The van der Waals surface area contributed by atoms with Crippen molar-refractivity contribution in [1.82, 2.24) is 20.5 Å². The number of hydrogen-bond acceptors (Lipinski definition) is 5. The van der Waals surface area contributed by atoms with E-state index in [0.29, 0.717) is 6.04 Å². The van der Waals surface area contributed by atoms with Crippen LogP contribution in [0.4, 0.5) is 0 Å². The highest BCUT2D eigenvalue weighted by Gasteiger charge is 2.32. The van der Waals surface area contributed by atoms with E-state index in [1.165, 1.54) is 19.2 Å². The zero-order valence-electron chi connectivity index (χ0n) is 8.73. The molecule has 84 valence electrons. The Morgan fingerprint density at radius 1 is 1.73 bits per heavy atom. The van der Waals surface area contributed by atoms with Gasteiger partial charge in [0.05, 0.1) is 6.61 Å².